The maximum Gasteiger partial charge on any atom is 0.146 e. The number of nitrogen functional groups attached to an aromatic ring is 1. The molecule has 0 unspecified atom stereocenters. The molecule has 24 heavy (non-hydrogen) atoms. The van der Waals surface area contributed by atoms with Gasteiger partial charge in [0.25, 0.3) is 0 Å². The Morgan fingerprint density at radius 1 is 0.792 bits per heavy atom. The normalized spacial score (nSPS) is 10.2. The molecular weight excluding hydrogens is 326 g/mol. The lowest BCUT2D eigenvalue weighted by Gasteiger charge is -1.97. The van der Waals surface area contributed by atoms with Crippen LogP contribution in [0.25, 0.3) is 0 Å². The van der Waals surface area contributed by atoms with Gasteiger partial charge >= 0.3 is 0 Å². The van der Waals surface area contributed by atoms with Crippen molar-refractivity contribution >= 4 is 28.7 Å². The van der Waals surface area contributed by atoms with E-state index in [9.17, 15) is 5.11 Å². The second kappa shape index (κ2) is 8.55. The number of azo groups is 1. The van der Waals surface area contributed by atoms with Crippen molar-refractivity contribution in [1.82, 2.24) is 0 Å². The van der Waals surface area contributed by atoms with Gasteiger partial charge in [-0.3, -0.25) is 0 Å². The van der Waals surface area contributed by atoms with E-state index >= 15 is 0 Å². The standard InChI is InChI=1S/C12H10N2O2.C6H6ClN/c15-10-6-7-11(12(16)8-10)14-13-9-4-2-1-3-5-9;7-5-1-3-6(8)4-2-5/h1-8,15-16H;1-4H,8H2. The van der Waals surface area contributed by atoms with Gasteiger partial charge in [0.1, 0.15) is 17.2 Å². The van der Waals surface area contributed by atoms with Gasteiger partial charge in [-0.2, -0.15) is 5.11 Å². The number of phenolic OH excluding ortho intramolecular Hbond substituents is 2. The number of hydrogen-bond acceptors (Lipinski definition) is 5. The van der Waals surface area contributed by atoms with E-state index in [-0.39, 0.29) is 11.5 Å². The minimum atomic E-state index is -0.0975. The van der Waals surface area contributed by atoms with E-state index in [2.05, 4.69) is 10.2 Å². The van der Waals surface area contributed by atoms with Gasteiger partial charge in [0.2, 0.25) is 0 Å². The molecule has 0 bridgehead atoms. The molecule has 3 rings (SSSR count). The Balaban J connectivity index is 0.000000219. The fourth-order valence-corrected chi connectivity index (χ4v) is 1.79. The highest BCUT2D eigenvalue weighted by atomic mass is 35.5. The number of phenols is 2. The second-order valence-electron chi connectivity index (χ2n) is 4.76. The van der Waals surface area contributed by atoms with Crippen molar-refractivity contribution in [1.29, 1.82) is 0 Å². The Morgan fingerprint density at radius 2 is 1.46 bits per heavy atom. The molecular formula is C18H16ClN3O2. The van der Waals surface area contributed by atoms with Crippen LogP contribution < -0.4 is 5.73 Å². The average Bonchev–Trinajstić information content (AvgIpc) is 2.58. The highest BCUT2D eigenvalue weighted by Gasteiger charge is 2.00. The van der Waals surface area contributed by atoms with Gasteiger partial charge < -0.3 is 15.9 Å². The number of halogens is 1. The summed E-state index contributed by atoms with van der Waals surface area (Å²) in [6.07, 6.45) is 0. The molecule has 3 aromatic carbocycles. The first-order valence-corrected chi connectivity index (χ1v) is 7.42. The molecule has 122 valence electrons. The highest BCUT2D eigenvalue weighted by Crippen LogP contribution is 2.30. The van der Waals surface area contributed by atoms with Gasteiger partial charge in [0, 0.05) is 16.8 Å². The Morgan fingerprint density at radius 3 is 2.04 bits per heavy atom. The average molecular weight is 342 g/mol. The molecule has 0 saturated carbocycles. The molecule has 0 fully saturated rings. The van der Waals surface area contributed by atoms with Gasteiger partial charge in [-0.15, -0.1) is 5.11 Å². The molecule has 4 N–H and O–H groups in total. The monoisotopic (exact) mass is 341 g/mol. The summed E-state index contributed by atoms with van der Waals surface area (Å²) in [6, 6.07) is 20.4. The van der Waals surface area contributed by atoms with Gasteiger partial charge in [0.05, 0.1) is 5.69 Å². The van der Waals surface area contributed by atoms with Crippen molar-refractivity contribution in [2.45, 2.75) is 0 Å². The summed E-state index contributed by atoms with van der Waals surface area (Å²) in [5, 5.41) is 27.1. The van der Waals surface area contributed by atoms with E-state index in [4.69, 9.17) is 22.4 Å². The molecule has 0 aliphatic rings. The van der Waals surface area contributed by atoms with Crippen LogP contribution in [0.5, 0.6) is 11.5 Å². The predicted molar refractivity (Wildman–Crippen MR) is 96.3 cm³/mol. The second-order valence-corrected chi connectivity index (χ2v) is 5.20. The van der Waals surface area contributed by atoms with E-state index in [1.54, 1.807) is 36.4 Å². The summed E-state index contributed by atoms with van der Waals surface area (Å²) in [5.41, 5.74) is 7.14. The number of aromatic hydroxyl groups is 2. The third-order valence-electron chi connectivity index (χ3n) is 2.86. The number of hydrogen-bond donors (Lipinski definition) is 3. The van der Waals surface area contributed by atoms with Gasteiger partial charge in [0.15, 0.2) is 0 Å². The van der Waals surface area contributed by atoms with E-state index < -0.39 is 0 Å². The third-order valence-corrected chi connectivity index (χ3v) is 3.11. The number of rotatable bonds is 2. The maximum absolute atomic E-state index is 9.46. The van der Waals surface area contributed by atoms with Crippen LogP contribution in [0, 0.1) is 0 Å². The minimum absolute atomic E-state index is 0.00355. The summed E-state index contributed by atoms with van der Waals surface area (Å²) < 4.78 is 0. The fraction of sp³-hybridized carbons (Fsp3) is 0. The Bertz CT molecular complexity index is 785. The number of anilines is 1. The summed E-state index contributed by atoms with van der Waals surface area (Å²) in [7, 11) is 0. The Kier molecular flexibility index (Phi) is 6.16. The minimum Gasteiger partial charge on any atom is -0.508 e. The largest absolute Gasteiger partial charge is 0.508 e. The van der Waals surface area contributed by atoms with E-state index in [0.717, 1.165) is 10.7 Å². The Hall–Kier alpha value is -3.05. The van der Waals surface area contributed by atoms with Crippen LogP contribution in [0.1, 0.15) is 0 Å². The lowest BCUT2D eigenvalue weighted by atomic mass is 10.3. The zero-order valence-corrected chi connectivity index (χ0v) is 13.4. The quantitative estimate of drug-likeness (QED) is 0.428. The molecule has 0 radical (unpaired) electrons. The van der Waals surface area contributed by atoms with Crippen molar-refractivity contribution in [2.24, 2.45) is 10.2 Å². The zero-order chi connectivity index (χ0) is 17.4. The molecule has 0 spiro atoms. The van der Waals surface area contributed by atoms with Crippen molar-refractivity contribution in [3.05, 3.63) is 77.8 Å². The van der Waals surface area contributed by atoms with Crippen LogP contribution in [0.4, 0.5) is 17.1 Å². The van der Waals surface area contributed by atoms with E-state index in [1.807, 2.05) is 18.2 Å². The zero-order valence-electron chi connectivity index (χ0n) is 12.7. The molecule has 3 aromatic rings. The van der Waals surface area contributed by atoms with Crippen molar-refractivity contribution in [2.75, 3.05) is 5.73 Å². The lowest BCUT2D eigenvalue weighted by Crippen LogP contribution is -1.80. The van der Waals surface area contributed by atoms with Crippen LogP contribution in [0.2, 0.25) is 5.02 Å². The first kappa shape index (κ1) is 17.3. The topological polar surface area (TPSA) is 91.2 Å². The van der Waals surface area contributed by atoms with Crippen LogP contribution in [0.3, 0.4) is 0 Å². The smallest absolute Gasteiger partial charge is 0.146 e. The highest BCUT2D eigenvalue weighted by molar-refractivity contribution is 6.30. The number of benzene rings is 3. The predicted octanol–water partition coefficient (Wildman–Crippen LogP) is 5.44. The summed E-state index contributed by atoms with van der Waals surface area (Å²) in [6.45, 7) is 0. The van der Waals surface area contributed by atoms with Gasteiger partial charge in [-0.1, -0.05) is 29.8 Å². The summed E-state index contributed by atoms with van der Waals surface area (Å²) in [5.74, 6) is -0.101. The SMILES string of the molecule is Nc1ccc(Cl)cc1.Oc1ccc(N=Nc2ccccc2)c(O)c1. The molecule has 0 amide bonds. The molecule has 0 heterocycles. The van der Waals surface area contributed by atoms with Crippen molar-refractivity contribution in [3.8, 4) is 11.5 Å². The van der Waals surface area contributed by atoms with Gasteiger partial charge in [-0.05, 0) is 48.5 Å². The number of nitrogens with zero attached hydrogens (tertiary/aromatic N) is 2. The third kappa shape index (κ3) is 5.62. The van der Waals surface area contributed by atoms with Crippen LogP contribution >= 0.6 is 11.6 Å². The number of nitrogens with two attached hydrogens (primary N) is 1. The molecule has 0 aliphatic heterocycles. The summed E-state index contributed by atoms with van der Waals surface area (Å²) in [4.78, 5) is 0. The van der Waals surface area contributed by atoms with Crippen LogP contribution in [0.15, 0.2) is 83.0 Å². The van der Waals surface area contributed by atoms with Crippen molar-refractivity contribution < 1.29 is 10.2 Å². The summed E-state index contributed by atoms with van der Waals surface area (Å²) >= 11 is 5.56. The fourth-order valence-electron chi connectivity index (χ4n) is 1.67. The van der Waals surface area contributed by atoms with E-state index in [1.165, 1.54) is 18.2 Å². The van der Waals surface area contributed by atoms with Crippen LogP contribution in [-0.4, -0.2) is 10.2 Å². The maximum atomic E-state index is 9.46. The molecule has 0 atom stereocenters. The first-order chi connectivity index (χ1) is 11.5. The molecule has 5 nitrogen and oxygen atoms in total. The molecule has 0 aliphatic carbocycles. The first-order valence-electron chi connectivity index (χ1n) is 7.04. The molecule has 0 saturated heterocycles. The van der Waals surface area contributed by atoms with Crippen LogP contribution in [-0.2, 0) is 0 Å². The Labute approximate surface area is 144 Å². The van der Waals surface area contributed by atoms with Gasteiger partial charge in [-0.25, -0.2) is 0 Å². The van der Waals surface area contributed by atoms with Crippen molar-refractivity contribution in [3.63, 3.8) is 0 Å². The lowest BCUT2D eigenvalue weighted by molar-refractivity contribution is 0.451. The molecule has 0 aromatic heterocycles. The molecule has 6 heteroatoms. The van der Waals surface area contributed by atoms with E-state index in [0.29, 0.717) is 11.4 Å².